The van der Waals surface area contributed by atoms with Crippen molar-refractivity contribution in [2.45, 2.75) is 63.1 Å². The average molecular weight is 510 g/mol. The molecule has 0 aliphatic heterocycles. The van der Waals surface area contributed by atoms with Gasteiger partial charge in [-0.2, -0.15) is 79.0 Å². The van der Waals surface area contributed by atoms with Crippen molar-refractivity contribution >= 4 is 0 Å². The summed E-state index contributed by atoms with van der Waals surface area (Å²) in [6.07, 6.45) is -54.6. The van der Waals surface area contributed by atoms with Crippen molar-refractivity contribution in [3.05, 3.63) is 0 Å². The summed E-state index contributed by atoms with van der Waals surface area (Å²) in [4.78, 5) is 0. The Hall–Kier alpha value is -1.30. The highest BCUT2D eigenvalue weighted by atomic mass is 19.4. The standard InChI is InChI=1S/C12H8F18O/c1-3(5(7(13,14)15,8(16,17)18)9(19,20)21)31-4(2)6(10(22,23)24,11(25,26)27)12(28,29)30/h3-4H,1-2H3. The van der Waals surface area contributed by atoms with Gasteiger partial charge in [-0.05, 0) is 13.8 Å². The first-order valence-corrected chi connectivity index (χ1v) is 7.11. The van der Waals surface area contributed by atoms with Crippen LogP contribution in [0, 0.1) is 10.8 Å². The second-order valence-electron chi connectivity index (χ2n) is 6.02. The summed E-state index contributed by atoms with van der Waals surface area (Å²) in [6.45, 7) is -1.81. The average Bonchev–Trinajstić information content (AvgIpc) is 2.26. The maximum Gasteiger partial charge on any atom is 0.414 e. The van der Waals surface area contributed by atoms with Crippen LogP contribution in [0.25, 0.3) is 0 Å². The molecule has 0 aromatic heterocycles. The molecule has 2 unspecified atom stereocenters. The Kier molecular flexibility index (Phi) is 7.32. The van der Waals surface area contributed by atoms with Gasteiger partial charge in [0.15, 0.2) is 0 Å². The zero-order chi connectivity index (χ0) is 25.9. The van der Waals surface area contributed by atoms with Gasteiger partial charge in [0.1, 0.15) is 0 Å². The Bertz CT molecular complexity index is 484. The van der Waals surface area contributed by atoms with Crippen LogP contribution in [0.4, 0.5) is 79.0 Å². The molecule has 0 fully saturated rings. The van der Waals surface area contributed by atoms with Gasteiger partial charge >= 0.3 is 37.1 Å². The van der Waals surface area contributed by atoms with Crippen LogP contribution < -0.4 is 0 Å². The Morgan fingerprint density at radius 2 is 0.484 bits per heavy atom. The van der Waals surface area contributed by atoms with Gasteiger partial charge < -0.3 is 4.74 Å². The third kappa shape index (κ3) is 4.34. The first-order valence-electron chi connectivity index (χ1n) is 7.11. The van der Waals surface area contributed by atoms with Gasteiger partial charge in [-0.15, -0.1) is 0 Å². The van der Waals surface area contributed by atoms with Gasteiger partial charge in [-0.1, -0.05) is 0 Å². The van der Waals surface area contributed by atoms with Gasteiger partial charge in [-0.25, -0.2) is 0 Å². The molecule has 0 N–H and O–H groups in total. The number of alkyl halides is 18. The van der Waals surface area contributed by atoms with Crippen LogP contribution >= 0.6 is 0 Å². The first kappa shape index (κ1) is 29.7. The maximum atomic E-state index is 12.9. The van der Waals surface area contributed by atoms with E-state index in [1.807, 2.05) is 0 Å². The second kappa shape index (κ2) is 7.64. The predicted molar refractivity (Wildman–Crippen MR) is 61.2 cm³/mol. The molecule has 0 heterocycles. The zero-order valence-corrected chi connectivity index (χ0v) is 14.4. The van der Waals surface area contributed by atoms with Gasteiger partial charge in [0, 0.05) is 0 Å². The van der Waals surface area contributed by atoms with E-state index in [2.05, 4.69) is 4.74 Å². The Labute approximate surface area is 159 Å². The van der Waals surface area contributed by atoms with Crippen LogP contribution in [0.2, 0.25) is 0 Å². The minimum absolute atomic E-state index is 0.904. The van der Waals surface area contributed by atoms with Crippen molar-refractivity contribution in [2.24, 2.45) is 10.8 Å². The van der Waals surface area contributed by atoms with Crippen molar-refractivity contribution in [1.29, 1.82) is 0 Å². The van der Waals surface area contributed by atoms with Crippen molar-refractivity contribution < 1.29 is 83.8 Å². The minimum Gasteiger partial charge on any atom is -0.372 e. The summed E-state index contributed by atoms with van der Waals surface area (Å²) in [6, 6.07) is 0. The van der Waals surface area contributed by atoms with E-state index in [0.717, 1.165) is 0 Å². The van der Waals surface area contributed by atoms with Crippen molar-refractivity contribution in [1.82, 2.24) is 0 Å². The fourth-order valence-electron chi connectivity index (χ4n) is 2.86. The molecular weight excluding hydrogens is 502 g/mol. The quantitative estimate of drug-likeness (QED) is 0.366. The van der Waals surface area contributed by atoms with Crippen LogP contribution in [0.15, 0.2) is 0 Å². The zero-order valence-electron chi connectivity index (χ0n) is 14.4. The molecule has 0 radical (unpaired) electrons. The van der Waals surface area contributed by atoms with Crippen LogP contribution in [-0.4, -0.2) is 49.3 Å². The number of hydrogen-bond donors (Lipinski definition) is 0. The maximum absolute atomic E-state index is 12.9. The monoisotopic (exact) mass is 510 g/mol. The third-order valence-electron chi connectivity index (χ3n) is 4.31. The third-order valence-corrected chi connectivity index (χ3v) is 4.31. The summed E-state index contributed by atoms with van der Waals surface area (Å²) in [7, 11) is 0. The molecule has 1 nitrogen and oxygen atoms in total. The molecular formula is C12H8F18O. The van der Waals surface area contributed by atoms with E-state index in [1.54, 1.807) is 0 Å². The molecule has 0 saturated carbocycles. The Morgan fingerprint density at radius 3 is 0.581 bits per heavy atom. The van der Waals surface area contributed by atoms with Crippen LogP contribution in [0.3, 0.4) is 0 Å². The summed E-state index contributed by atoms with van der Waals surface area (Å²) in [5.41, 5.74) is -14.3. The fraction of sp³-hybridized carbons (Fsp3) is 1.00. The topological polar surface area (TPSA) is 9.23 Å². The number of hydrogen-bond acceptors (Lipinski definition) is 1. The van der Waals surface area contributed by atoms with Crippen molar-refractivity contribution in [3.8, 4) is 0 Å². The number of halogens is 18. The fourth-order valence-corrected chi connectivity index (χ4v) is 2.86. The summed E-state index contributed by atoms with van der Waals surface area (Å²) >= 11 is 0. The lowest BCUT2D eigenvalue weighted by Gasteiger charge is -2.46. The van der Waals surface area contributed by atoms with Crippen molar-refractivity contribution in [3.63, 3.8) is 0 Å². The van der Waals surface area contributed by atoms with E-state index in [0.29, 0.717) is 0 Å². The highest BCUT2D eigenvalue weighted by Gasteiger charge is 2.89. The van der Waals surface area contributed by atoms with E-state index < -0.39 is 73.9 Å². The van der Waals surface area contributed by atoms with Gasteiger partial charge in [-0.3, -0.25) is 0 Å². The Balaban J connectivity index is 7.02. The molecule has 0 aliphatic carbocycles. The van der Waals surface area contributed by atoms with Crippen molar-refractivity contribution in [2.75, 3.05) is 0 Å². The predicted octanol–water partition coefficient (Wildman–Crippen LogP) is 7.13. The number of rotatable bonds is 4. The smallest absolute Gasteiger partial charge is 0.372 e. The summed E-state index contributed by atoms with van der Waals surface area (Å²) in [5.74, 6) is 0. The second-order valence-corrected chi connectivity index (χ2v) is 6.02. The molecule has 0 rings (SSSR count). The molecule has 0 bridgehead atoms. The molecule has 0 spiro atoms. The minimum atomic E-state index is -7.51. The molecule has 188 valence electrons. The van der Waals surface area contributed by atoms with E-state index in [1.165, 1.54) is 0 Å². The largest absolute Gasteiger partial charge is 0.414 e. The Morgan fingerprint density at radius 1 is 0.355 bits per heavy atom. The molecule has 0 aromatic rings. The lowest BCUT2D eigenvalue weighted by atomic mass is 9.77. The summed E-state index contributed by atoms with van der Waals surface area (Å²) in [5, 5.41) is 0. The SMILES string of the molecule is CC(OC(C)C(C(F)(F)F)(C(F)(F)F)C(F)(F)F)C(C(F)(F)F)(C(F)(F)F)C(F)(F)F. The lowest BCUT2D eigenvalue weighted by Crippen LogP contribution is -2.69. The first-order chi connectivity index (χ1) is 13.0. The van der Waals surface area contributed by atoms with Gasteiger partial charge in [0.2, 0.25) is 0 Å². The molecule has 0 aliphatic rings. The van der Waals surface area contributed by atoms with E-state index >= 15 is 0 Å². The van der Waals surface area contributed by atoms with Gasteiger partial charge in [0.25, 0.3) is 10.8 Å². The lowest BCUT2D eigenvalue weighted by molar-refractivity contribution is -0.472. The van der Waals surface area contributed by atoms with Gasteiger partial charge in [0.05, 0.1) is 12.2 Å². The highest BCUT2D eigenvalue weighted by Crippen LogP contribution is 2.65. The molecule has 2 atom stereocenters. The van der Waals surface area contributed by atoms with E-state index in [4.69, 9.17) is 0 Å². The molecule has 31 heavy (non-hydrogen) atoms. The van der Waals surface area contributed by atoms with Crippen LogP contribution in [-0.2, 0) is 4.74 Å². The molecule has 0 saturated heterocycles. The summed E-state index contributed by atoms with van der Waals surface area (Å²) < 4.78 is 235. The normalized spacial score (nSPS) is 18.2. The number of ether oxygens (including phenoxy) is 1. The van der Waals surface area contributed by atoms with E-state index in [9.17, 15) is 79.0 Å². The molecule has 0 aromatic carbocycles. The molecule has 19 heteroatoms. The molecule has 0 amide bonds. The van der Waals surface area contributed by atoms with E-state index in [-0.39, 0.29) is 0 Å². The van der Waals surface area contributed by atoms with Crippen LogP contribution in [0.5, 0.6) is 0 Å². The van der Waals surface area contributed by atoms with Crippen LogP contribution in [0.1, 0.15) is 13.8 Å². The highest BCUT2D eigenvalue weighted by molar-refractivity contribution is 5.07.